The molecule has 1 N–H and O–H groups in total. The van der Waals surface area contributed by atoms with Crippen molar-refractivity contribution in [3.63, 3.8) is 0 Å². The number of hydrogen-bond acceptors (Lipinski definition) is 7. The summed E-state index contributed by atoms with van der Waals surface area (Å²) in [4.78, 5) is 43.6. The Labute approximate surface area is 193 Å². The number of benzene rings is 1. The van der Waals surface area contributed by atoms with Crippen molar-refractivity contribution in [1.29, 1.82) is 0 Å². The lowest BCUT2D eigenvalue weighted by molar-refractivity contribution is -0.133. The first-order valence-corrected chi connectivity index (χ1v) is 12.4. The molecule has 0 bridgehead atoms. The molecule has 1 aliphatic rings. The average Bonchev–Trinajstić information content (AvgIpc) is 3.32. The number of aromatic nitrogens is 3. The summed E-state index contributed by atoms with van der Waals surface area (Å²) in [6.07, 6.45) is 1.17. The van der Waals surface area contributed by atoms with E-state index in [1.54, 1.807) is 22.7 Å². The maximum atomic E-state index is 12.7. The van der Waals surface area contributed by atoms with E-state index < -0.39 is 0 Å². The minimum absolute atomic E-state index is 0.0597. The fourth-order valence-corrected chi connectivity index (χ4v) is 6.16. The molecule has 9 heteroatoms. The summed E-state index contributed by atoms with van der Waals surface area (Å²) in [6.45, 7) is 7.53. The van der Waals surface area contributed by atoms with E-state index in [9.17, 15) is 9.59 Å². The topological polar surface area (TPSA) is 82.2 Å². The van der Waals surface area contributed by atoms with Gasteiger partial charge in [0.05, 0.1) is 27.2 Å². The first-order chi connectivity index (χ1) is 15.5. The predicted molar refractivity (Wildman–Crippen MR) is 130 cm³/mol. The van der Waals surface area contributed by atoms with Crippen LogP contribution >= 0.6 is 22.7 Å². The van der Waals surface area contributed by atoms with Crippen LogP contribution in [0, 0.1) is 13.8 Å². The zero-order valence-electron chi connectivity index (χ0n) is 18.2. The van der Waals surface area contributed by atoms with Crippen molar-refractivity contribution in [3.05, 3.63) is 55.9 Å². The van der Waals surface area contributed by atoms with Gasteiger partial charge in [-0.05, 0) is 31.5 Å². The number of aryl methyl sites for hydroxylation is 3. The minimum Gasteiger partial charge on any atom is -0.340 e. The van der Waals surface area contributed by atoms with Crippen molar-refractivity contribution in [2.75, 3.05) is 26.2 Å². The van der Waals surface area contributed by atoms with Crippen molar-refractivity contribution in [2.45, 2.75) is 33.2 Å². The lowest BCUT2D eigenvalue weighted by atomic mass is 10.2. The third kappa shape index (κ3) is 4.20. The van der Waals surface area contributed by atoms with Crippen LogP contribution in [0.15, 0.2) is 29.1 Å². The Morgan fingerprint density at radius 2 is 1.88 bits per heavy atom. The number of thiazole rings is 1. The summed E-state index contributed by atoms with van der Waals surface area (Å²) in [5, 5.41) is 1.72. The number of H-pyrrole nitrogens is 1. The number of piperazine rings is 1. The second-order valence-electron chi connectivity index (χ2n) is 8.21. The van der Waals surface area contributed by atoms with Crippen molar-refractivity contribution in [2.24, 2.45) is 0 Å². The first kappa shape index (κ1) is 21.2. The quantitative estimate of drug-likeness (QED) is 0.486. The van der Waals surface area contributed by atoms with Crippen molar-refractivity contribution in [1.82, 2.24) is 24.8 Å². The largest absolute Gasteiger partial charge is 0.340 e. The highest BCUT2D eigenvalue weighted by Gasteiger charge is 2.22. The number of para-hydroxylation sites is 1. The van der Waals surface area contributed by atoms with Crippen LogP contribution in [-0.4, -0.2) is 56.8 Å². The zero-order valence-corrected chi connectivity index (χ0v) is 19.8. The number of carbonyl (C=O) groups excluding carboxylic acids is 1. The normalized spacial score (nSPS) is 15.1. The van der Waals surface area contributed by atoms with Gasteiger partial charge in [-0.25, -0.2) is 9.97 Å². The molecule has 0 atom stereocenters. The Balaban J connectivity index is 1.15. The number of nitrogens with zero attached hydrogens (tertiary/aromatic N) is 4. The summed E-state index contributed by atoms with van der Waals surface area (Å²) in [6, 6.07) is 8.08. The monoisotopic (exact) mass is 467 g/mol. The summed E-state index contributed by atoms with van der Waals surface area (Å²) < 4.78 is 1.17. The number of hydrogen-bond donors (Lipinski definition) is 1. The van der Waals surface area contributed by atoms with Gasteiger partial charge in [0.25, 0.3) is 5.56 Å². The summed E-state index contributed by atoms with van der Waals surface area (Å²) in [5.74, 6) is 0.876. The molecule has 4 heterocycles. The molecule has 5 rings (SSSR count). The molecule has 0 unspecified atom stereocenters. The molecule has 1 amide bonds. The van der Waals surface area contributed by atoms with Crippen LogP contribution in [0.25, 0.3) is 20.4 Å². The molecule has 0 aliphatic carbocycles. The molecule has 4 aromatic rings. The number of amides is 1. The second-order valence-corrected chi connectivity index (χ2v) is 10.5. The van der Waals surface area contributed by atoms with Crippen LogP contribution in [0.1, 0.15) is 27.7 Å². The molecule has 7 nitrogen and oxygen atoms in total. The maximum absolute atomic E-state index is 12.7. The zero-order chi connectivity index (χ0) is 22.2. The van der Waals surface area contributed by atoms with Gasteiger partial charge in [-0.15, -0.1) is 22.7 Å². The molecule has 1 saturated heterocycles. The first-order valence-electron chi connectivity index (χ1n) is 10.8. The summed E-state index contributed by atoms with van der Waals surface area (Å²) >= 11 is 3.24. The Kier molecular flexibility index (Phi) is 5.79. The Morgan fingerprint density at radius 1 is 1.09 bits per heavy atom. The van der Waals surface area contributed by atoms with E-state index in [4.69, 9.17) is 0 Å². The predicted octanol–water partition coefficient (Wildman–Crippen LogP) is 3.49. The Morgan fingerprint density at radius 3 is 2.66 bits per heavy atom. The molecule has 1 aromatic carbocycles. The molecule has 1 fully saturated rings. The second kappa shape index (κ2) is 8.73. The molecule has 32 heavy (non-hydrogen) atoms. The van der Waals surface area contributed by atoms with Gasteiger partial charge in [-0.1, -0.05) is 12.1 Å². The highest BCUT2D eigenvalue weighted by molar-refractivity contribution is 7.19. The van der Waals surface area contributed by atoms with Crippen LogP contribution < -0.4 is 5.56 Å². The van der Waals surface area contributed by atoms with E-state index in [1.165, 1.54) is 4.70 Å². The van der Waals surface area contributed by atoms with Gasteiger partial charge >= 0.3 is 0 Å². The highest BCUT2D eigenvalue weighted by Crippen LogP contribution is 2.26. The molecule has 1 aliphatic heterocycles. The molecular weight excluding hydrogens is 442 g/mol. The van der Waals surface area contributed by atoms with Crippen LogP contribution in [0.2, 0.25) is 0 Å². The lowest BCUT2D eigenvalue weighted by Crippen LogP contribution is -2.48. The Hall–Kier alpha value is -2.62. The van der Waals surface area contributed by atoms with Gasteiger partial charge in [0.1, 0.15) is 10.7 Å². The van der Waals surface area contributed by atoms with Crippen LogP contribution in [0.3, 0.4) is 0 Å². The van der Waals surface area contributed by atoms with E-state index >= 15 is 0 Å². The van der Waals surface area contributed by atoms with Gasteiger partial charge in [-0.3, -0.25) is 14.5 Å². The number of carbonyl (C=O) groups is 1. The van der Waals surface area contributed by atoms with E-state index in [0.29, 0.717) is 43.7 Å². The van der Waals surface area contributed by atoms with Gasteiger partial charge < -0.3 is 9.88 Å². The summed E-state index contributed by atoms with van der Waals surface area (Å²) in [7, 11) is 0. The highest BCUT2D eigenvalue weighted by atomic mass is 32.1. The number of thiophene rings is 1. The fourth-order valence-electron chi connectivity index (χ4n) is 4.14. The van der Waals surface area contributed by atoms with Crippen molar-refractivity contribution < 1.29 is 4.79 Å². The number of rotatable bonds is 5. The van der Waals surface area contributed by atoms with Gasteiger partial charge in [0.2, 0.25) is 5.91 Å². The van der Waals surface area contributed by atoms with Gasteiger partial charge in [0, 0.05) is 43.9 Å². The van der Waals surface area contributed by atoms with E-state index in [2.05, 4.69) is 25.9 Å². The van der Waals surface area contributed by atoms with Crippen LogP contribution in [0.4, 0.5) is 0 Å². The van der Waals surface area contributed by atoms with Crippen LogP contribution in [-0.2, 0) is 17.8 Å². The van der Waals surface area contributed by atoms with E-state index in [0.717, 1.165) is 38.9 Å². The maximum Gasteiger partial charge on any atom is 0.259 e. The van der Waals surface area contributed by atoms with Crippen molar-refractivity contribution in [3.8, 4) is 0 Å². The Bertz CT molecular complexity index is 1310. The number of nitrogens with one attached hydrogen (secondary N) is 1. The number of aromatic amines is 1. The van der Waals surface area contributed by atoms with E-state index in [1.807, 2.05) is 36.9 Å². The third-order valence-corrected chi connectivity index (χ3v) is 8.27. The van der Waals surface area contributed by atoms with E-state index in [-0.39, 0.29) is 11.5 Å². The molecular formula is C23H25N5O2S2. The molecule has 3 aromatic heterocycles. The lowest BCUT2D eigenvalue weighted by Gasteiger charge is -2.34. The summed E-state index contributed by atoms with van der Waals surface area (Å²) in [5.41, 5.74) is 1.96. The molecule has 0 spiro atoms. The molecule has 166 valence electrons. The minimum atomic E-state index is -0.0597. The van der Waals surface area contributed by atoms with Crippen LogP contribution in [0.5, 0.6) is 0 Å². The third-order valence-electron chi connectivity index (χ3n) is 6.08. The van der Waals surface area contributed by atoms with Gasteiger partial charge in [-0.2, -0.15) is 0 Å². The average molecular weight is 468 g/mol. The smallest absolute Gasteiger partial charge is 0.259 e. The van der Waals surface area contributed by atoms with Crippen molar-refractivity contribution >= 4 is 49.0 Å². The fraction of sp³-hybridized carbons (Fsp3) is 0.391. The SMILES string of the molecule is Cc1sc2nc(CN3CCN(C(=O)CCc4nc5ccccc5s4)CC3)[nH]c(=O)c2c1C. The number of fused-ring (bicyclic) bond motifs is 2. The molecule has 0 saturated carbocycles. The molecule has 0 radical (unpaired) electrons. The van der Waals surface area contributed by atoms with Gasteiger partial charge in [0.15, 0.2) is 0 Å². The standard InChI is InChI=1S/C23H25N5O2S2/c1-14-15(2)31-23-21(14)22(30)25-18(26-23)13-27-9-11-28(12-10-27)20(29)8-7-19-24-16-5-3-4-6-17(16)32-19/h3-6H,7-13H2,1-2H3,(H,25,26,30).